The van der Waals surface area contributed by atoms with Crippen molar-refractivity contribution in [2.75, 3.05) is 13.1 Å². The molecule has 1 aliphatic carbocycles. The van der Waals surface area contributed by atoms with Crippen LogP contribution in [0.1, 0.15) is 42.6 Å². The van der Waals surface area contributed by atoms with Crippen LogP contribution < -0.4 is 0 Å². The third-order valence-corrected chi connectivity index (χ3v) is 4.19. The van der Waals surface area contributed by atoms with Gasteiger partial charge in [-0.3, -0.25) is 4.90 Å². The van der Waals surface area contributed by atoms with Crippen LogP contribution in [0.5, 0.6) is 0 Å². The fourth-order valence-electron chi connectivity index (χ4n) is 3.31. The van der Waals surface area contributed by atoms with Crippen molar-refractivity contribution >= 4 is 6.20 Å². The molecule has 0 radical (unpaired) electrons. The van der Waals surface area contributed by atoms with E-state index in [4.69, 9.17) is 0 Å². The second kappa shape index (κ2) is 4.69. The molecule has 0 unspecified atom stereocenters. The van der Waals surface area contributed by atoms with Crippen molar-refractivity contribution in [2.45, 2.75) is 45.1 Å². The van der Waals surface area contributed by atoms with E-state index in [9.17, 15) is 0 Å². The lowest BCUT2D eigenvalue weighted by molar-refractivity contribution is 0.325. The molecule has 2 heterocycles. The maximum Gasteiger partial charge on any atom is 0.0390 e. The molecule has 3 rings (SSSR count). The Bertz CT molecular complexity index is 411. The minimum Gasteiger partial charge on any atom is -0.324 e. The fraction of sp³-hybridized carbons (Fsp3) is 0.600. The van der Waals surface area contributed by atoms with Gasteiger partial charge < -0.3 is 4.57 Å². The summed E-state index contributed by atoms with van der Waals surface area (Å²) in [6, 6.07) is 2.43. The number of hydrogen-bond donors (Lipinski definition) is 0. The number of likely N-dealkylation sites (tertiary alicyclic amines) is 1. The average Bonchev–Trinajstić information content (AvgIpc) is 2.96. The normalized spacial score (nSPS) is 20.5. The molecule has 0 spiro atoms. The summed E-state index contributed by atoms with van der Waals surface area (Å²) in [5.74, 6) is 0. The van der Waals surface area contributed by atoms with Crippen LogP contribution in [-0.4, -0.2) is 22.6 Å². The van der Waals surface area contributed by atoms with Crippen LogP contribution in [0, 0.1) is 0 Å². The third-order valence-electron chi connectivity index (χ3n) is 4.19. The number of aromatic nitrogens is 1. The number of aryl methyl sites for hydroxylation is 1. The lowest BCUT2D eigenvalue weighted by Gasteiger charge is -2.17. The van der Waals surface area contributed by atoms with Crippen molar-refractivity contribution < 1.29 is 0 Å². The SMILES string of the molecule is C=Cn1c(CN2CCCC2)cc2c1CCCC2. The van der Waals surface area contributed by atoms with Crippen LogP contribution in [0.4, 0.5) is 0 Å². The number of hydrogen-bond acceptors (Lipinski definition) is 1. The summed E-state index contributed by atoms with van der Waals surface area (Å²) < 4.78 is 2.35. The van der Waals surface area contributed by atoms with Crippen LogP contribution in [0.2, 0.25) is 0 Å². The average molecular weight is 230 g/mol. The molecule has 0 N–H and O–H groups in total. The van der Waals surface area contributed by atoms with E-state index in [1.54, 1.807) is 5.56 Å². The Morgan fingerprint density at radius 3 is 2.65 bits per heavy atom. The maximum absolute atomic E-state index is 3.99. The van der Waals surface area contributed by atoms with Crippen molar-refractivity contribution in [3.63, 3.8) is 0 Å². The largest absolute Gasteiger partial charge is 0.324 e. The Morgan fingerprint density at radius 1 is 1.12 bits per heavy atom. The smallest absolute Gasteiger partial charge is 0.0390 e. The van der Waals surface area contributed by atoms with Gasteiger partial charge in [-0.15, -0.1) is 0 Å². The minimum absolute atomic E-state index is 1.11. The van der Waals surface area contributed by atoms with Gasteiger partial charge in [-0.05, 0) is 63.2 Å². The zero-order chi connectivity index (χ0) is 11.7. The van der Waals surface area contributed by atoms with Gasteiger partial charge in [0.25, 0.3) is 0 Å². The summed E-state index contributed by atoms with van der Waals surface area (Å²) in [7, 11) is 0. The first kappa shape index (κ1) is 11.1. The van der Waals surface area contributed by atoms with Crippen LogP contribution in [-0.2, 0) is 19.4 Å². The van der Waals surface area contributed by atoms with Crippen LogP contribution in [0.3, 0.4) is 0 Å². The molecule has 1 saturated heterocycles. The topological polar surface area (TPSA) is 8.17 Å². The zero-order valence-corrected chi connectivity index (χ0v) is 10.6. The molecule has 1 aliphatic heterocycles. The molecule has 17 heavy (non-hydrogen) atoms. The molecule has 0 amide bonds. The lowest BCUT2D eigenvalue weighted by Crippen LogP contribution is -2.20. The van der Waals surface area contributed by atoms with E-state index in [0.717, 1.165) is 6.54 Å². The maximum atomic E-state index is 3.99. The summed E-state index contributed by atoms with van der Waals surface area (Å²) in [5, 5.41) is 0. The highest BCUT2D eigenvalue weighted by atomic mass is 15.2. The summed E-state index contributed by atoms with van der Waals surface area (Å²) in [4.78, 5) is 2.57. The van der Waals surface area contributed by atoms with Crippen LogP contribution in [0.25, 0.3) is 6.20 Å². The van der Waals surface area contributed by atoms with E-state index in [1.165, 1.54) is 63.0 Å². The second-order valence-electron chi connectivity index (χ2n) is 5.35. The van der Waals surface area contributed by atoms with E-state index in [1.807, 2.05) is 6.20 Å². The van der Waals surface area contributed by atoms with Gasteiger partial charge in [-0.1, -0.05) is 6.58 Å². The van der Waals surface area contributed by atoms with Gasteiger partial charge in [0.1, 0.15) is 0 Å². The van der Waals surface area contributed by atoms with Crippen molar-refractivity contribution in [3.8, 4) is 0 Å². The molecule has 2 heteroatoms. The first-order valence-electron chi connectivity index (χ1n) is 6.95. The Morgan fingerprint density at radius 2 is 1.88 bits per heavy atom. The third kappa shape index (κ3) is 2.06. The lowest BCUT2D eigenvalue weighted by atomic mass is 9.98. The summed E-state index contributed by atoms with van der Waals surface area (Å²) in [5.41, 5.74) is 4.56. The highest BCUT2D eigenvalue weighted by Gasteiger charge is 2.19. The molecule has 2 aliphatic rings. The van der Waals surface area contributed by atoms with E-state index in [-0.39, 0.29) is 0 Å². The Balaban J connectivity index is 1.87. The summed E-state index contributed by atoms with van der Waals surface area (Å²) in [6.07, 6.45) is 9.95. The molecular formula is C15H22N2. The Hall–Kier alpha value is -1.02. The number of rotatable bonds is 3. The summed E-state index contributed by atoms with van der Waals surface area (Å²) in [6.45, 7) is 7.64. The van der Waals surface area contributed by atoms with E-state index < -0.39 is 0 Å². The Kier molecular flexibility index (Phi) is 3.06. The molecule has 1 aromatic rings. The first-order chi connectivity index (χ1) is 8.38. The fourth-order valence-corrected chi connectivity index (χ4v) is 3.31. The van der Waals surface area contributed by atoms with Crippen LogP contribution >= 0.6 is 0 Å². The van der Waals surface area contributed by atoms with Gasteiger partial charge >= 0.3 is 0 Å². The standard InChI is InChI=1S/C15H22N2/c1-2-17-14(12-16-9-5-6-10-16)11-13-7-3-4-8-15(13)17/h2,11H,1,3-10,12H2. The van der Waals surface area contributed by atoms with Gasteiger partial charge in [0.05, 0.1) is 0 Å². The molecule has 92 valence electrons. The quantitative estimate of drug-likeness (QED) is 0.775. The molecule has 1 aromatic heterocycles. The predicted octanol–water partition coefficient (Wildman–Crippen LogP) is 3.06. The van der Waals surface area contributed by atoms with E-state index >= 15 is 0 Å². The molecule has 0 atom stereocenters. The van der Waals surface area contributed by atoms with Gasteiger partial charge in [-0.2, -0.15) is 0 Å². The second-order valence-corrected chi connectivity index (χ2v) is 5.35. The van der Waals surface area contributed by atoms with Gasteiger partial charge in [-0.25, -0.2) is 0 Å². The number of fused-ring (bicyclic) bond motifs is 1. The van der Waals surface area contributed by atoms with Crippen molar-refractivity contribution in [1.29, 1.82) is 0 Å². The van der Waals surface area contributed by atoms with E-state index in [2.05, 4.69) is 22.1 Å². The molecule has 0 aromatic carbocycles. The number of nitrogens with zero attached hydrogens (tertiary/aromatic N) is 2. The molecule has 2 nitrogen and oxygen atoms in total. The van der Waals surface area contributed by atoms with Crippen molar-refractivity contribution in [3.05, 3.63) is 29.6 Å². The predicted molar refractivity (Wildman–Crippen MR) is 72.0 cm³/mol. The highest BCUT2D eigenvalue weighted by molar-refractivity contribution is 5.38. The van der Waals surface area contributed by atoms with Gasteiger partial charge in [0, 0.05) is 24.1 Å². The molecule has 1 fully saturated rings. The van der Waals surface area contributed by atoms with Gasteiger partial charge in [0.15, 0.2) is 0 Å². The van der Waals surface area contributed by atoms with Crippen LogP contribution in [0.15, 0.2) is 12.6 Å². The van der Waals surface area contributed by atoms with Gasteiger partial charge in [0.2, 0.25) is 0 Å². The molecule has 0 bridgehead atoms. The monoisotopic (exact) mass is 230 g/mol. The highest BCUT2D eigenvalue weighted by Crippen LogP contribution is 2.26. The zero-order valence-electron chi connectivity index (χ0n) is 10.6. The van der Waals surface area contributed by atoms with Crippen molar-refractivity contribution in [1.82, 2.24) is 9.47 Å². The molecule has 0 saturated carbocycles. The minimum atomic E-state index is 1.11. The first-order valence-corrected chi connectivity index (χ1v) is 6.95. The van der Waals surface area contributed by atoms with Crippen molar-refractivity contribution in [2.24, 2.45) is 0 Å². The molecular weight excluding hydrogens is 208 g/mol. The summed E-state index contributed by atoms with van der Waals surface area (Å²) >= 11 is 0. The van der Waals surface area contributed by atoms with E-state index in [0.29, 0.717) is 0 Å². The Labute approximate surface area is 104 Å².